The van der Waals surface area contributed by atoms with Gasteiger partial charge in [0.2, 0.25) is 5.91 Å². The van der Waals surface area contributed by atoms with E-state index in [1.807, 2.05) is 13.8 Å². The van der Waals surface area contributed by atoms with Crippen molar-refractivity contribution in [3.8, 4) is 0 Å². The topological polar surface area (TPSA) is 98.7 Å². The van der Waals surface area contributed by atoms with E-state index in [-0.39, 0.29) is 18.5 Å². The van der Waals surface area contributed by atoms with Crippen LogP contribution in [0.4, 0.5) is 4.79 Å². The number of carboxylic acid groups (broad SMARTS) is 1. The fourth-order valence-corrected chi connectivity index (χ4v) is 1.65. The average Bonchev–Trinajstić information content (AvgIpc) is 2.27. The number of urea groups is 1. The lowest BCUT2D eigenvalue weighted by molar-refractivity contribution is -0.147. The molecule has 20 heavy (non-hydrogen) atoms. The number of hydrogen-bond acceptors (Lipinski definition) is 3. The molecule has 0 aromatic heterocycles. The highest BCUT2D eigenvalue weighted by atomic mass is 16.4. The highest BCUT2D eigenvalue weighted by Crippen LogP contribution is 2.14. The Morgan fingerprint density at radius 1 is 1.15 bits per heavy atom. The van der Waals surface area contributed by atoms with E-state index >= 15 is 0 Å². The van der Waals surface area contributed by atoms with Crippen molar-refractivity contribution in [2.45, 2.75) is 59.2 Å². The molecular weight excluding hydrogens is 262 g/mol. The quantitative estimate of drug-likeness (QED) is 0.672. The van der Waals surface area contributed by atoms with Gasteiger partial charge in [-0.25, -0.2) is 9.59 Å². The number of amides is 3. The first-order valence-electron chi connectivity index (χ1n) is 6.65. The van der Waals surface area contributed by atoms with Gasteiger partial charge in [-0.05, 0) is 41.5 Å². The van der Waals surface area contributed by atoms with Crippen LogP contribution in [-0.4, -0.2) is 52.1 Å². The van der Waals surface area contributed by atoms with E-state index in [0.717, 1.165) is 0 Å². The van der Waals surface area contributed by atoms with Crippen molar-refractivity contribution >= 4 is 17.9 Å². The Hall–Kier alpha value is -1.79. The third kappa shape index (κ3) is 4.71. The number of hydrogen-bond donors (Lipinski definition) is 3. The number of carbonyl (C=O) groups excluding carboxylic acids is 2. The third-order valence-electron chi connectivity index (χ3n) is 2.92. The molecule has 0 saturated carbocycles. The molecule has 0 rings (SSSR count). The molecule has 0 heterocycles. The van der Waals surface area contributed by atoms with E-state index in [4.69, 9.17) is 5.11 Å². The monoisotopic (exact) mass is 287 g/mol. The second-order valence-electron chi connectivity index (χ2n) is 5.44. The number of carboxylic acids is 1. The average molecular weight is 287 g/mol. The van der Waals surface area contributed by atoms with Gasteiger partial charge in [0.15, 0.2) is 0 Å². The Labute approximate surface area is 119 Å². The van der Waals surface area contributed by atoms with E-state index in [1.165, 1.54) is 18.7 Å². The second kappa shape index (κ2) is 7.12. The molecule has 116 valence electrons. The van der Waals surface area contributed by atoms with Gasteiger partial charge < -0.3 is 20.6 Å². The normalized spacial score (nSPS) is 12.8. The predicted octanol–water partition coefficient (Wildman–Crippen LogP) is 0.794. The van der Waals surface area contributed by atoms with Gasteiger partial charge in [0.1, 0.15) is 11.6 Å². The first-order valence-corrected chi connectivity index (χ1v) is 6.65. The number of nitrogens with zero attached hydrogens (tertiary/aromatic N) is 1. The summed E-state index contributed by atoms with van der Waals surface area (Å²) in [5.74, 6) is -1.41. The Morgan fingerprint density at radius 2 is 1.65 bits per heavy atom. The van der Waals surface area contributed by atoms with Crippen molar-refractivity contribution in [3.63, 3.8) is 0 Å². The molecule has 0 saturated heterocycles. The van der Waals surface area contributed by atoms with E-state index in [2.05, 4.69) is 10.6 Å². The maximum absolute atomic E-state index is 12.1. The van der Waals surface area contributed by atoms with Gasteiger partial charge in [-0.3, -0.25) is 4.79 Å². The van der Waals surface area contributed by atoms with Crippen LogP contribution in [0.5, 0.6) is 0 Å². The van der Waals surface area contributed by atoms with E-state index in [1.54, 1.807) is 13.8 Å². The minimum atomic E-state index is -1.34. The summed E-state index contributed by atoms with van der Waals surface area (Å²) in [4.78, 5) is 36.2. The molecule has 0 aromatic carbocycles. The molecule has 0 fully saturated rings. The van der Waals surface area contributed by atoms with Crippen molar-refractivity contribution in [3.05, 3.63) is 0 Å². The van der Waals surface area contributed by atoms with Crippen LogP contribution in [0.15, 0.2) is 0 Å². The molecule has 0 aliphatic carbocycles. The molecule has 1 atom stereocenters. The molecule has 0 aliphatic heterocycles. The van der Waals surface area contributed by atoms with Gasteiger partial charge in [-0.2, -0.15) is 0 Å². The molecule has 1 unspecified atom stereocenters. The Morgan fingerprint density at radius 3 is 2.00 bits per heavy atom. The molecule has 0 aliphatic rings. The van der Waals surface area contributed by atoms with E-state index in [9.17, 15) is 14.4 Å². The van der Waals surface area contributed by atoms with Crippen molar-refractivity contribution < 1.29 is 19.5 Å². The fraction of sp³-hybridized carbons (Fsp3) is 0.769. The molecular formula is C13H25N3O4. The SMILES string of the molecule is CCN(C(=O)NC(C)C(=O)NC(C)C)C(C)(C)C(=O)O. The highest BCUT2D eigenvalue weighted by molar-refractivity contribution is 5.89. The smallest absolute Gasteiger partial charge is 0.329 e. The largest absolute Gasteiger partial charge is 0.480 e. The maximum Gasteiger partial charge on any atom is 0.329 e. The first-order chi connectivity index (χ1) is 9.03. The van der Waals surface area contributed by atoms with Crippen LogP contribution < -0.4 is 10.6 Å². The Balaban J connectivity index is 4.81. The summed E-state index contributed by atoms with van der Waals surface area (Å²) in [6, 6.07) is -1.34. The highest BCUT2D eigenvalue weighted by Gasteiger charge is 2.37. The van der Waals surface area contributed by atoms with E-state index < -0.39 is 23.6 Å². The number of carbonyl (C=O) groups is 3. The van der Waals surface area contributed by atoms with Crippen molar-refractivity contribution in [2.24, 2.45) is 0 Å². The standard InChI is InChI=1S/C13H25N3O4/c1-7-16(13(5,6)11(18)19)12(20)15-9(4)10(17)14-8(2)3/h8-9H,7H2,1-6H3,(H,14,17)(H,15,20)(H,18,19). The Bertz CT molecular complexity index is 380. The van der Waals surface area contributed by atoms with Gasteiger partial charge in [-0.1, -0.05) is 0 Å². The fourth-order valence-electron chi connectivity index (χ4n) is 1.65. The minimum absolute atomic E-state index is 0.0282. The molecule has 0 aromatic rings. The van der Waals surface area contributed by atoms with Crippen molar-refractivity contribution in [1.82, 2.24) is 15.5 Å². The second-order valence-corrected chi connectivity index (χ2v) is 5.44. The van der Waals surface area contributed by atoms with Crippen molar-refractivity contribution in [1.29, 1.82) is 0 Å². The zero-order chi connectivity index (χ0) is 16.1. The van der Waals surface area contributed by atoms with Crippen LogP contribution in [0.2, 0.25) is 0 Å². The maximum atomic E-state index is 12.1. The third-order valence-corrected chi connectivity index (χ3v) is 2.92. The lowest BCUT2D eigenvalue weighted by Gasteiger charge is -2.34. The summed E-state index contributed by atoms with van der Waals surface area (Å²) in [6.45, 7) is 9.98. The first kappa shape index (κ1) is 18.2. The molecule has 0 radical (unpaired) electrons. The number of aliphatic carboxylic acids is 1. The molecule has 3 amide bonds. The minimum Gasteiger partial charge on any atom is -0.480 e. The molecule has 0 bridgehead atoms. The number of rotatable bonds is 6. The van der Waals surface area contributed by atoms with Crippen LogP contribution in [0, 0.1) is 0 Å². The predicted molar refractivity (Wildman–Crippen MR) is 75.4 cm³/mol. The van der Waals surface area contributed by atoms with Crippen LogP contribution in [0.3, 0.4) is 0 Å². The summed E-state index contributed by atoms with van der Waals surface area (Å²) < 4.78 is 0. The van der Waals surface area contributed by atoms with Crippen LogP contribution >= 0.6 is 0 Å². The number of nitrogens with one attached hydrogen (secondary N) is 2. The van der Waals surface area contributed by atoms with Gasteiger partial charge in [0.05, 0.1) is 0 Å². The van der Waals surface area contributed by atoms with Crippen LogP contribution in [0.25, 0.3) is 0 Å². The van der Waals surface area contributed by atoms with Gasteiger partial charge in [0.25, 0.3) is 0 Å². The molecule has 3 N–H and O–H groups in total. The summed E-state index contributed by atoms with van der Waals surface area (Å²) >= 11 is 0. The van der Waals surface area contributed by atoms with Crippen LogP contribution in [-0.2, 0) is 9.59 Å². The zero-order valence-electron chi connectivity index (χ0n) is 13.0. The van der Waals surface area contributed by atoms with E-state index in [0.29, 0.717) is 0 Å². The summed E-state index contributed by atoms with van der Waals surface area (Å²) in [5, 5.41) is 14.3. The summed E-state index contributed by atoms with van der Waals surface area (Å²) in [5.41, 5.74) is -1.34. The van der Waals surface area contributed by atoms with Gasteiger partial charge in [-0.15, -0.1) is 0 Å². The molecule has 7 nitrogen and oxygen atoms in total. The van der Waals surface area contributed by atoms with Crippen molar-refractivity contribution in [2.75, 3.05) is 6.54 Å². The lowest BCUT2D eigenvalue weighted by atomic mass is 10.0. The van der Waals surface area contributed by atoms with Gasteiger partial charge >= 0.3 is 12.0 Å². The molecule has 0 spiro atoms. The lowest BCUT2D eigenvalue weighted by Crippen LogP contribution is -2.59. The van der Waals surface area contributed by atoms with Gasteiger partial charge in [0, 0.05) is 12.6 Å². The number of likely N-dealkylation sites (N-methyl/N-ethyl adjacent to an activating group) is 1. The Kier molecular flexibility index (Phi) is 6.48. The zero-order valence-corrected chi connectivity index (χ0v) is 13.0. The summed E-state index contributed by atoms with van der Waals surface area (Å²) in [7, 11) is 0. The van der Waals surface area contributed by atoms with Crippen LogP contribution in [0.1, 0.15) is 41.5 Å². The molecule has 7 heteroatoms. The summed E-state index contributed by atoms with van der Waals surface area (Å²) in [6.07, 6.45) is 0.